The molecule has 1 aromatic rings. The summed E-state index contributed by atoms with van der Waals surface area (Å²) in [6, 6.07) is 9.35. The fourth-order valence-corrected chi connectivity index (χ4v) is 4.36. The number of nitrogens with two attached hydrogens (primary N) is 1. The van der Waals surface area contributed by atoms with Gasteiger partial charge in [0.1, 0.15) is 12.4 Å². The fourth-order valence-electron chi connectivity index (χ4n) is 4.36. The van der Waals surface area contributed by atoms with E-state index >= 15 is 0 Å². The number of hydrogen-bond acceptors (Lipinski definition) is 5. The average molecular weight is 340 g/mol. The highest BCUT2D eigenvalue weighted by Gasteiger charge is 2.41. The Labute approximate surface area is 150 Å². The predicted molar refractivity (Wildman–Crippen MR) is 97.2 cm³/mol. The number of likely N-dealkylation sites (tertiary alicyclic amines) is 2. The average Bonchev–Trinajstić information content (AvgIpc) is 3.23. The number of hydrogen-bond donors (Lipinski definition) is 1. The van der Waals surface area contributed by atoms with Crippen LogP contribution in [0.1, 0.15) is 18.4 Å². The van der Waals surface area contributed by atoms with Gasteiger partial charge in [-0.05, 0) is 54.9 Å². The number of ether oxygens (including phenoxy) is 1. The molecule has 2 saturated heterocycles. The molecule has 2 heterocycles. The van der Waals surface area contributed by atoms with Gasteiger partial charge in [-0.1, -0.05) is 0 Å². The Morgan fingerprint density at radius 2 is 1.72 bits per heavy atom. The molecule has 2 unspecified atom stereocenters. The van der Waals surface area contributed by atoms with E-state index in [1.807, 2.05) is 12.1 Å². The van der Waals surface area contributed by atoms with Crippen molar-refractivity contribution in [3.8, 4) is 11.8 Å². The number of rotatable bonds is 7. The van der Waals surface area contributed by atoms with Crippen molar-refractivity contribution in [2.45, 2.75) is 18.9 Å². The minimum atomic E-state index is 0.0250. The van der Waals surface area contributed by atoms with Gasteiger partial charge in [-0.3, -0.25) is 0 Å². The molecule has 134 valence electrons. The van der Waals surface area contributed by atoms with Gasteiger partial charge in [0.05, 0.1) is 17.7 Å². The molecule has 1 aromatic carbocycles. The lowest BCUT2D eigenvalue weighted by Crippen LogP contribution is -2.41. The summed E-state index contributed by atoms with van der Waals surface area (Å²) in [7, 11) is 0. The van der Waals surface area contributed by atoms with Crippen LogP contribution in [-0.2, 0) is 0 Å². The highest BCUT2D eigenvalue weighted by Crippen LogP contribution is 2.35. The quantitative estimate of drug-likeness (QED) is 0.816. The predicted octanol–water partition coefficient (Wildman–Crippen LogP) is 1.54. The van der Waals surface area contributed by atoms with Gasteiger partial charge in [0.2, 0.25) is 0 Å². The maximum atomic E-state index is 8.82. The minimum Gasteiger partial charge on any atom is -0.492 e. The monoisotopic (exact) mass is 340 g/mol. The first kappa shape index (κ1) is 16.8. The molecule has 25 heavy (non-hydrogen) atoms. The molecule has 0 radical (unpaired) electrons. The second-order valence-corrected chi connectivity index (χ2v) is 8.11. The Hall–Kier alpha value is -1.61. The summed E-state index contributed by atoms with van der Waals surface area (Å²) in [4.78, 5) is 5.22. The zero-order valence-corrected chi connectivity index (χ0v) is 14.8. The van der Waals surface area contributed by atoms with Crippen molar-refractivity contribution in [3.05, 3.63) is 29.8 Å². The summed E-state index contributed by atoms with van der Waals surface area (Å²) in [5.74, 6) is 3.46. The van der Waals surface area contributed by atoms with Crippen molar-refractivity contribution in [2.24, 2.45) is 23.5 Å². The summed E-state index contributed by atoms with van der Waals surface area (Å²) in [6.45, 7) is 7.72. The van der Waals surface area contributed by atoms with Crippen molar-refractivity contribution in [3.63, 3.8) is 0 Å². The first-order valence-corrected chi connectivity index (χ1v) is 9.53. The topological polar surface area (TPSA) is 65.5 Å². The van der Waals surface area contributed by atoms with E-state index in [2.05, 4.69) is 15.9 Å². The number of fused-ring (bicyclic) bond motifs is 1. The lowest BCUT2D eigenvalue weighted by atomic mass is 10.0. The van der Waals surface area contributed by atoms with Crippen LogP contribution in [0.4, 0.5) is 0 Å². The van der Waals surface area contributed by atoms with Crippen molar-refractivity contribution in [1.29, 1.82) is 5.26 Å². The maximum absolute atomic E-state index is 8.82. The van der Waals surface area contributed by atoms with Gasteiger partial charge in [0, 0.05) is 39.3 Å². The Bertz CT molecular complexity index is 608. The normalized spacial score (nSPS) is 27.8. The molecule has 5 nitrogen and oxygen atoms in total. The van der Waals surface area contributed by atoms with E-state index in [0.717, 1.165) is 30.0 Å². The van der Waals surface area contributed by atoms with Gasteiger partial charge < -0.3 is 20.3 Å². The molecule has 3 aliphatic rings. The van der Waals surface area contributed by atoms with Crippen LogP contribution in [0.2, 0.25) is 0 Å². The third-order valence-corrected chi connectivity index (χ3v) is 5.79. The second kappa shape index (κ2) is 7.33. The van der Waals surface area contributed by atoms with Crippen LogP contribution >= 0.6 is 0 Å². The Balaban J connectivity index is 1.17. The van der Waals surface area contributed by atoms with Crippen molar-refractivity contribution < 1.29 is 4.74 Å². The molecule has 0 spiro atoms. The van der Waals surface area contributed by atoms with E-state index in [9.17, 15) is 0 Å². The van der Waals surface area contributed by atoms with Crippen LogP contribution in [-0.4, -0.2) is 61.7 Å². The van der Waals surface area contributed by atoms with E-state index in [1.165, 1.54) is 45.6 Å². The molecular formula is C20H28N4O. The number of benzene rings is 1. The van der Waals surface area contributed by atoms with Gasteiger partial charge in [-0.25, -0.2) is 0 Å². The SMILES string of the molecule is N#Cc1ccc(OC[C@@H](N)CN2CC3CN(CC4CC4)CC3C2)cc1. The molecule has 0 amide bonds. The summed E-state index contributed by atoms with van der Waals surface area (Å²) in [6.07, 6.45) is 2.90. The summed E-state index contributed by atoms with van der Waals surface area (Å²) < 4.78 is 5.77. The van der Waals surface area contributed by atoms with E-state index in [0.29, 0.717) is 12.2 Å². The Kier molecular flexibility index (Phi) is 4.93. The lowest BCUT2D eigenvalue weighted by Gasteiger charge is -2.24. The van der Waals surface area contributed by atoms with Crippen LogP contribution in [0, 0.1) is 29.1 Å². The van der Waals surface area contributed by atoms with Crippen LogP contribution in [0.15, 0.2) is 24.3 Å². The van der Waals surface area contributed by atoms with E-state index in [1.54, 1.807) is 12.1 Å². The standard InChI is InChI=1S/C20H28N4O/c21-7-15-3-5-20(6-4-15)25-14-19(22)13-24-11-17-9-23(8-16-1-2-16)10-18(17)12-24/h3-6,16-19H,1-2,8-14,22H2/t17?,18?,19-/m0/s1. The fraction of sp³-hybridized carbons (Fsp3) is 0.650. The van der Waals surface area contributed by atoms with Crippen LogP contribution in [0.25, 0.3) is 0 Å². The molecule has 4 rings (SSSR count). The van der Waals surface area contributed by atoms with Gasteiger partial charge in [0.15, 0.2) is 0 Å². The Morgan fingerprint density at radius 1 is 1.08 bits per heavy atom. The molecule has 3 fully saturated rings. The van der Waals surface area contributed by atoms with Gasteiger partial charge in [0.25, 0.3) is 0 Å². The lowest BCUT2D eigenvalue weighted by molar-refractivity contribution is 0.212. The van der Waals surface area contributed by atoms with Gasteiger partial charge in [-0.15, -0.1) is 0 Å². The van der Waals surface area contributed by atoms with Crippen molar-refractivity contribution in [2.75, 3.05) is 45.9 Å². The maximum Gasteiger partial charge on any atom is 0.119 e. The van der Waals surface area contributed by atoms with Gasteiger partial charge >= 0.3 is 0 Å². The highest BCUT2D eigenvalue weighted by atomic mass is 16.5. The molecule has 1 aliphatic carbocycles. The first-order chi connectivity index (χ1) is 12.2. The molecule has 1 saturated carbocycles. The Morgan fingerprint density at radius 3 is 2.32 bits per heavy atom. The molecule has 0 aromatic heterocycles. The minimum absolute atomic E-state index is 0.0250. The zero-order chi connectivity index (χ0) is 17.2. The molecule has 3 atom stereocenters. The molecule has 5 heteroatoms. The summed E-state index contributed by atoms with van der Waals surface area (Å²) in [5, 5.41) is 8.82. The number of nitrogens with zero attached hydrogens (tertiary/aromatic N) is 3. The van der Waals surface area contributed by atoms with Crippen molar-refractivity contribution >= 4 is 0 Å². The van der Waals surface area contributed by atoms with Crippen LogP contribution in [0.5, 0.6) is 5.75 Å². The third-order valence-electron chi connectivity index (χ3n) is 5.79. The molecule has 0 bridgehead atoms. The van der Waals surface area contributed by atoms with E-state index in [-0.39, 0.29) is 6.04 Å². The van der Waals surface area contributed by atoms with E-state index < -0.39 is 0 Å². The highest BCUT2D eigenvalue weighted by molar-refractivity contribution is 5.34. The number of nitriles is 1. The first-order valence-electron chi connectivity index (χ1n) is 9.53. The molecule has 2 aliphatic heterocycles. The second-order valence-electron chi connectivity index (χ2n) is 8.11. The summed E-state index contributed by atoms with van der Waals surface area (Å²) >= 11 is 0. The van der Waals surface area contributed by atoms with Crippen LogP contribution < -0.4 is 10.5 Å². The smallest absolute Gasteiger partial charge is 0.119 e. The molecule has 2 N–H and O–H groups in total. The zero-order valence-electron chi connectivity index (χ0n) is 14.8. The largest absolute Gasteiger partial charge is 0.492 e. The van der Waals surface area contributed by atoms with Crippen LogP contribution in [0.3, 0.4) is 0 Å². The third kappa shape index (κ3) is 4.33. The summed E-state index contributed by atoms with van der Waals surface area (Å²) in [5.41, 5.74) is 6.93. The van der Waals surface area contributed by atoms with E-state index in [4.69, 9.17) is 15.7 Å². The molecular weight excluding hydrogens is 312 g/mol. The van der Waals surface area contributed by atoms with Gasteiger partial charge in [-0.2, -0.15) is 5.26 Å². The van der Waals surface area contributed by atoms with Crippen molar-refractivity contribution in [1.82, 2.24) is 9.80 Å².